The molecule has 0 spiro atoms. The van der Waals surface area contributed by atoms with Crippen LogP contribution in [0.1, 0.15) is 0 Å². The first-order valence-corrected chi connectivity index (χ1v) is 6.37. The van der Waals surface area contributed by atoms with E-state index in [1.54, 1.807) is 0 Å². The maximum Gasteiger partial charge on any atom is 0.329 e. The zero-order valence-electron chi connectivity index (χ0n) is 9.35. The molecule has 2 heterocycles. The van der Waals surface area contributed by atoms with E-state index in [0.717, 1.165) is 0 Å². The number of alkyl halides is 1. The quantitative estimate of drug-likeness (QED) is 0.598. The van der Waals surface area contributed by atoms with E-state index in [2.05, 4.69) is 25.9 Å². The van der Waals surface area contributed by atoms with Gasteiger partial charge in [-0.2, -0.15) is 0 Å². The van der Waals surface area contributed by atoms with Crippen LogP contribution in [0.15, 0.2) is 14.3 Å². The molecule has 9 heteroatoms. The Balaban J connectivity index is 2.75. The van der Waals surface area contributed by atoms with Gasteiger partial charge in [-0.1, -0.05) is 0 Å². The highest BCUT2D eigenvalue weighted by molar-refractivity contribution is 9.10. The summed E-state index contributed by atoms with van der Waals surface area (Å²) < 4.78 is 3.06. The molecule has 0 bridgehead atoms. The number of nitrogens with zero attached hydrogens (tertiary/aromatic N) is 3. The van der Waals surface area contributed by atoms with E-state index in [1.165, 1.54) is 16.2 Å². The summed E-state index contributed by atoms with van der Waals surface area (Å²) in [6.45, 7) is 0.113. The molecule has 2 rings (SSSR count). The van der Waals surface area contributed by atoms with Crippen molar-refractivity contribution >= 4 is 38.7 Å². The molecule has 0 radical (unpaired) electrons. The third-order valence-electron chi connectivity index (χ3n) is 2.53. The molecule has 0 saturated heterocycles. The lowest BCUT2D eigenvalue weighted by molar-refractivity contribution is 0.177. The van der Waals surface area contributed by atoms with Crippen LogP contribution in [0.4, 0.5) is 0 Å². The average Bonchev–Trinajstić information content (AvgIpc) is 2.64. The van der Waals surface area contributed by atoms with Gasteiger partial charge in [0.15, 0.2) is 15.9 Å². The Labute approximate surface area is 114 Å². The van der Waals surface area contributed by atoms with Crippen molar-refractivity contribution in [3.05, 3.63) is 25.6 Å². The van der Waals surface area contributed by atoms with Gasteiger partial charge in [0.05, 0.1) is 18.5 Å². The molecule has 0 aliphatic rings. The molecule has 0 aliphatic carbocycles. The number of aliphatic hydroxyl groups is 1. The SMILES string of the molecule is Cn1c(=O)[nH]c(=O)c2c1nc(Br)n2C[C@H](O)CCl. The van der Waals surface area contributed by atoms with Crippen molar-refractivity contribution in [2.24, 2.45) is 7.05 Å². The van der Waals surface area contributed by atoms with E-state index in [4.69, 9.17) is 11.6 Å². The Hall–Kier alpha value is -1.12. The van der Waals surface area contributed by atoms with Gasteiger partial charge in [0.2, 0.25) is 0 Å². The lowest BCUT2D eigenvalue weighted by Gasteiger charge is -2.09. The fourth-order valence-corrected chi connectivity index (χ4v) is 2.22. The first-order valence-electron chi connectivity index (χ1n) is 5.04. The predicted molar refractivity (Wildman–Crippen MR) is 70.0 cm³/mol. The first kappa shape index (κ1) is 13.3. The third-order valence-corrected chi connectivity index (χ3v) is 3.49. The lowest BCUT2D eigenvalue weighted by atomic mass is 10.4. The van der Waals surface area contributed by atoms with Gasteiger partial charge in [0.25, 0.3) is 5.56 Å². The number of aryl methyl sites for hydroxylation is 1. The zero-order chi connectivity index (χ0) is 13.4. The summed E-state index contributed by atoms with van der Waals surface area (Å²) in [5.41, 5.74) is -0.624. The molecule has 0 aliphatic heterocycles. The smallest absolute Gasteiger partial charge is 0.329 e. The first-order chi connectivity index (χ1) is 8.45. The molecule has 0 fully saturated rings. The Morgan fingerprint density at radius 3 is 2.83 bits per heavy atom. The fraction of sp³-hybridized carbons (Fsp3) is 0.444. The highest BCUT2D eigenvalue weighted by Crippen LogP contribution is 2.16. The van der Waals surface area contributed by atoms with E-state index in [9.17, 15) is 14.7 Å². The van der Waals surface area contributed by atoms with Gasteiger partial charge in [-0.05, 0) is 15.9 Å². The maximum absolute atomic E-state index is 11.8. The number of aromatic nitrogens is 4. The van der Waals surface area contributed by atoms with Crippen LogP contribution in [0.25, 0.3) is 11.2 Å². The molecule has 0 amide bonds. The summed E-state index contributed by atoms with van der Waals surface area (Å²) in [6, 6.07) is 0. The Morgan fingerprint density at radius 1 is 1.56 bits per heavy atom. The van der Waals surface area contributed by atoms with Gasteiger partial charge in [-0.15, -0.1) is 11.6 Å². The number of halogens is 2. The summed E-state index contributed by atoms with van der Waals surface area (Å²) in [5.74, 6) is 0.0375. The van der Waals surface area contributed by atoms with Crippen molar-refractivity contribution < 1.29 is 5.11 Å². The number of nitrogens with one attached hydrogen (secondary N) is 1. The van der Waals surface area contributed by atoms with Gasteiger partial charge in [0.1, 0.15) is 0 Å². The number of hydrogen-bond acceptors (Lipinski definition) is 4. The number of imidazole rings is 1. The van der Waals surface area contributed by atoms with Gasteiger partial charge < -0.3 is 9.67 Å². The highest BCUT2D eigenvalue weighted by atomic mass is 79.9. The average molecular weight is 338 g/mol. The number of hydrogen-bond donors (Lipinski definition) is 2. The second-order valence-corrected chi connectivity index (χ2v) is 4.81. The van der Waals surface area contributed by atoms with Crippen LogP contribution in [0, 0.1) is 0 Å². The zero-order valence-corrected chi connectivity index (χ0v) is 11.7. The largest absolute Gasteiger partial charge is 0.390 e. The maximum atomic E-state index is 11.8. The molecule has 0 aromatic carbocycles. The molecule has 0 unspecified atom stereocenters. The van der Waals surface area contributed by atoms with Gasteiger partial charge >= 0.3 is 5.69 Å². The van der Waals surface area contributed by atoms with E-state index in [0.29, 0.717) is 4.73 Å². The van der Waals surface area contributed by atoms with Crippen molar-refractivity contribution in [1.29, 1.82) is 0 Å². The molecule has 2 N–H and O–H groups in total. The number of H-pyrrole nitrogens is 1. The molecular formula is C9H10BrClN4O3. The van der Waals surface area contributed by atoms with Gasteiger partial charge in [-0.3, -0.25) is 14.3 Å². The highest BCUT2D eigenvalue weighted by Gasteiger charge is 2.17. The predicted octanol–water partition coefficient (Wildman–Crippen LogP) is -0.215. The number of aliphatic hydroxyl groups excluding tert-OH is 1. The minimum atomic E-state index is -0.808. The van der Waals surface area contributed by atoms with Crippen LogP contribution in [0.5, 0.6) is 0 Å². The number of rotatable bonds is 3. The monoisotopic (exact) mass is 336 g/mol. The summed E-state index contributed by atoms with van der Waals surface area (Å²) in [7, 11) is 1.50. The normalized spacial score (nSPS) is 13.1. The minimum Gasteiger partial charge on any atom is -0.390 e. The van der Waals surface area contributed by atoms with E-state index in [-0.39, 0.29) is 23.6 Å². The summed E-state index contributed by atoms with van der Waals surface area (Å²) in [6.07, 6.45) is -0.808. The van der Waals surface area contributed by atoms with Crippen LogP contribution >= 0.6 is 27.5 Å². The van der Waals surface area contributed by atoms with Crippen molar-refractivity contribution in [2.45, 2.75) is 12.6 Å². The van der Waals surface area contributed by atoms with E-state index >= 15 is 0 Å². The second-order valence-electron chi connectivity index (χ2n) is 3.79. The van der Waals surface area contributed by atoms with Crippen LogP contribution in [0.3, 0.4) is 0 Å². The number of fused-ring (bicyclic) bond motifs is 1. The molecule has 1 atom stereocenters. The molecular weight excluding hydrogens is 327 g/mol. The topological polar surface area (TPSA) is 92.9 Å². The molecule has 98 valence electrons. The van der Waals surface area contributed by atoms with Crippen LogP contribution in [-0.4, -0.2) is 36.2 Å². The van der Waals surface area contributed by atoms with E-state index < -0.39 is 17.4 Å². The van der Waals surface area contributed by atoms with Gasteiger partial charge in [0, 0.05) is 7.05 Å². The molecule has 2 aromatic heterocycles. The third kappa shape index (κ3) is 2.11. The van der Waals surface area contributed by atoms with Crippen molar-refractivity contribution in [3.8, 4) is 0 Å². The van der Waals surface area contributed by atoms with Crippen LogP contribution < -0.4 is 11.2 Å². The van der Waals surface area contributed by atoms with Gasteiger partial charge in [-0.25, -0.2) is 9.78 Å². The number of aromatic amines is 1. The van der Waals surface area contributed by atoms with Crippen molar-refractivity contribution in [2.75, 3.05) is 5.88 Å². The molecule has 7 nitrogen and oxygen atoms in total. The fourth-order valence-electron chi connectivity index (χ4n) is 1.63. The molecule has 18 heavy (non-hydrogen) atoms. The van der Waals surface area contributed by atoms with Crippen LogP contribution in [0.2, 0.25) is 0 Å². The minimum absolute atomic E-state index is 0.0375. The Bertz CT molecular complexity index is 704. The molecule has 0 saturated carbocycles. The second kappa shape index (κ2) is 4.87. The van der Waals surface area contributed by atoms with Crippen LogP contribution in [-0.2, 0) is 13.6 Å². The summed E-state index contributed by atoms with van der Waals surface area (Å²) >= 11 is 8.72. The Kier molecular flexibility index (Phi) is 3.60. The van der Waals surface area contributed by atoms with E-state index in [1.807, 2.05) is 0 Å². The molecule has 2 aromatic rings. The standard InChI is InChI=1S/C9H10BrClN4O3/c1-14-6-5(7(17)13-9(14)18)15(8(10)12-6)3-4(16)2-11/h4,16H,2-3H2,1H3,(H,13,17,18)/t4-/m1/s1. The summed E-state index contributed by atoms with van der Waals surface area (Å²) in [5, 5.41) is 9.55. The van der Waals surface area contributed by atoms with Crippen molar-refractivity contribution in [1.82, 2.24) is 19.1 Å². The summed E-state index contributed by atoms with van der Waals surface area (Å²) in [4.78, 5) is 29.5. The van der Waals surface area contributed by atoms with Crippen molar-refractivity contribution in [3.63, 3.8) is 0 Å². The lowest BCUT2D eigenvalue weighted by Crippen LogP contribution is -2.30. The Morgan fingerprint density at radius 2 is 2.22 bits per heavy atom.